The molecule has 1 aliphatic rings. The van der Waals surface area contributed by atoms with Crippen molar-refractivity contribution in [3.05, 3.63) is 53.4 Å². The third-order valence-electron chi connectivity index (χ3n) is 3.45. The third kappa shape index (κ3) is 2.10. The predicted octanol–water partition coefficient (Wildman–Crippen LogP) is 3.02. The Balaban J connectivity index is 1.67. The fourth-order valence-corrected chi connectivity index (χ4v) is 2.52. The van der Waals surface area contributed by atoms with Gasteiger partial charge >= 0.3 is 0 Å². The van der Waals surface area contributed by atoms with Crippen molar-refractivity contribution in [3.63, 3.8) is 0 Å². The summed E-state index contributed by atoms with van der Waals surface area (Å²) in [4.78, 5) is 16.1. The Labute approximate surface area is 130 Å². The lowest BCUT2D eigenvalue weighted by atomic mass is 10.1. The van der Waals surface area contributed by atoms with Gasteiger partial charge in [0.2, 0.25) is 0 Å². The van der Waals surface area contributed by atoms with Gasteiger partial charge in [-0.25, -0.2) is 4.98 Å². The van der Waals surface area contributed by atoms with Gasteiger partial charge in [-0.05, 0) is 30.3 Å². The first kappa shape index (κ1) is 12.8. The van der Waals surface area contributed by atoms with Gasteiger partial charge in [0.1, 0.15) is 11.0 Å². The Morgan fingerprint density at radius 1 is 1.23 bits per heavy atom. The van der Waals surface area contributed by atoms with Crippen molar-refractivity contribution in [2.45, 2.75) is 0 Å². The van der Waals surface area contributed by atoms with E-state index in [1.165, 1.54) is 0 Å². The number of halogens is 1. The van der Waals surface area contributed by atoms with Gasteiger partial charge in [-0.15, -0.1) is 0 Å². The average molecular weight is 312 g/mol. The molecule has 0 fully saturated rings. The number of hydrogen-bond donors (Lipinski definition) is 3. The first-order valence-electron chi connectivity index (χ1n) is 6.59. The summed E-state index contributed by atoms with van der Waals surface area (Å²) in [6.45, 7) is 0. The number of fused-ring (bicyclic) bond motifs is 2. The van der Waals surface area contributed by atoms with E-state index in [4.69, 9.17) is 11.6 Å². The van der Waals surface area contributed by atoms with Gasteiger partial charge in [0, 0.05) is 22.8 Å². The van der Waals surface area contributed by atoms with E-state index < -0.39 is 0 Å². The van der Waals surface area contributed by atoms with Crippen LogP contribution in [0, 0.1) is 0 Å². The summed E-state index contributed by atoms with van der Waals surface area (Å²) >= 11 is 5.83. The zero-order chi connectivity index (χ0) is 15.1. The van der Waals surface area contributed by atoms with Crippen LogP contribution in [0.2, 0.25) is 5.15 Å². The zero-order valence-corrected chi connectivity index (χ0v) is 12.0. The summed E-state index contributed by atoms with van der Waals surface area (Å²) in [5.41, 5.74) is 3.02. The number of amides is 1. The van der Waals surface area contributed by atoms with E-state index in [-0.39, 0.29) is 5.91 Å². The van der Waals surface area contributed by atoms with E-state index in [9.17, 15) is 4.79 Å². The van der Waals surface area contributed by atoms with Crippen LogP contribution in [-0.4, -0.2) is 21.1 Å². The number of nitrogens with zero attached hydrogens (tertiary/aromatic N) is 2. The molecule has 6 nitrogen and oxygen atoms in total. The number of benzene rings is 1. The van der Waals surface area contributed by atoms with Crippen molar-refractivity contribution >= 4 is 45.5 Å². The summed E-state index contributed by atoms with van der Waals surface area (Å²) in [7, 11) is 0. The number of rotatable bonds is 2. The van der Waals surface area contributed by atoms with Crippen LogP contribution in [0.15, 0.2) is 42.7 Å². The topological polar surface area (TPSA) is 82.7 Å². The molecular formula is C15H10ClN5O. The summed E-state index contributed by atoms with van der Waals surface area (Å²) in [6.07, 6.45) is 3.42. The highest BCUT2D eigenvalue weighted by atomic mass is 35.5. The maximum absolute atomic E-state index is 12.0. The number of H-pyrrole nitrogens is 1. The molecule has 0 radical (unpaired) electrons. The quantitative estimate of drug-likeness (QED) is 0.502. The number of carbonyl (C=O) groups excluding carboxylic acids is 1. The predicted molar refractivity (Wildman–Crippen MR) is 85.6 cm³/mol. The van der Waals surface area contributed by atoms with Crippen LogP contribution in [0.5, 0.6) is 0 Å². The number of aromatic amines is 1. The van der Waals surface area contributed by atoms with E-state index in [0.29, 0.717) is 16.5 Å². The minimum atomic E-state index is -0.208. The Hall–Kier alpha value is -2.86. The van der Waals surface area contributed by atoms with E-state index in [1.807, 2.05) is 18.2 Å². The van der Waals surface area contributed by atoms with Gasteiger partial charge in [-0.1, -0.05) is 11.6 Å². The van der Waals surface area contributed by atoms with E-state index in [0.717, 1.165) is 22.2 Å². The van der Waals surface area contributed by atoms with Crippen molar-refractivity contribution in [2.24, 2.45) is 0 Å². The average Bonchev–Trinajstić information content (AvgIpc) is 3.07. The highest BCUT2D eigenvalue weighted by Crippen LogP contribution is 2.31. The second-order valence-corrected chi connectivity index (χ2v) is 5.25. The Bertz CT molecular complexity index is 931. The number of carbonyl (C=O) groups is 1. The molecule has 0 unspecified atom stereocenters. The highest BCUT2D eigenvalue weighted by molar-refractivity contribution is 6.33. The molecule has 3 heterocycles. The molecule has 1 aromatic carbocycles. The SMILES string of the molecule is O=C1Nc2nc(Cl)ccc2C1=CNc1ccc2cn[nH]c2c1. The van der Waals surface area contributed by atoms with Crippen molar-refractivity contribution in [3.8, 4) is 0 Å². The summed E-state index contributed by atoms with van der Waals surface area (Å²) < 4.78 is 0. The molecule has 0 saturated heterocycles. The first-order valence-corrected chi connectivity index (χ1v) is 6.96. The lowest BCUT2D eigenvalue weighted by Gasteiger charge is -2.02. The van der Waals surface area contributed by atoms with Gasteiger partial charge in [-0.2, -0.15) is 5.10 Å². The molecule has 3 aromatic rings. The molecule has 22 heavy (non-hydrogen) atoms. The Kier molecular flexibility index (Phi) is 2.83. The van der Waals surface area contributed by atoms with Crippen molar-refractivity contribution in [1.82, 2.24) is 15.2 Å². The molecule has 3 N–H and O–H groups in total. The lowest BCUT2D eigenvalue weighted by molar-refractivity contribution is -0.110. The van der Waals surface area contributed by atoms with Crippen molar-refractivity contribution in [1.29, 1.82) is 0 Å². The maximum Gasteiger partial charge on any atom is 0.259 e. The second kappa shape index (κ2) is 4.85. The van der Waals surface area contributed by atoms with Gasteiger partial charge in [0.05, 0.1) is 17.3 Å². The molecular weight excluding hydrogens is 302 g/mol. The third-order valence-corrected chi connectivity index (χ3v) is 3.66. The number of hydrogen-bond acceptors (Lipinski definition) is 4. The minimum absolute atomic E-state index is 0.208. The molecule has 1 aliphatic heterocycles. The fraction of sp³-hybridized carbons (Fsp3) is 0. The summed E-state index contributed by atoms with van der Waals surface area (Å²) in [5.74, 6) is 0.273. The number of nitrogens with one attached hydrogen (secondary N) is 3. The van der Waals surface area contributed by atoms with E-state index in [1.54, 1.807) is 24.5 Å². The van der Waals surface area contributed by atoms with Gasteiger partial charge in [0.25, 0.3) is 5.91 Å². The molecule has 0 bridgehead atoms. The first-order chi connectivity index (χ1) is 10.7. The van der Waals surface area contributed by atoms with Crippen LogP contribution in [0.3, 0.4) is 0 Å². The van der Waals surface area contributed by atoms with Crippen LogP contribution in [0.4, 0.5) is 11.5 Å². The standard InChI is InChI=1S/C15H10ClN5O/c16-13-4-3-10-11(15(22)20-14(10)19-13)7-17-9-2-1-8-6-18-21-12(8)5-9/h1-7,17H,(H,18,21)(H,19,20,22). The van der Waals surface area contributed by atoms with Crippen LogP contribution in [-0.2, 0) is 4.79 Å². The monoisotopic (exact) mass is 311 g/mol. The molecule has 4 rings (SSSR count). The molecule has 1 amide bonds. The van der Waals surface area contributed by atoms with Crippen LogP contribution < -0.4 is 10.6 Å². The highest BCUT2D eigenvalue weighted by Gasteiger charge is 2.25. The summed E-state index contributed by atoms with van der Waals surface area (Å²) in [5, 5.41) is 14.1. The van der Waals surface area contributed by atoms with Crippen LogP contribution in [0.25, 0.3) is 16.5 Å². The maximum atomic E-state index is 12.0. The number of anilines is 2. The Morgan fingerprint density at radius 3 is 3.05 bits per heavy atom. The van der Waals surface area contributed by atoms with Gasteiger partial charge in [0.15, 0.2) is 0 Å². The largest absolute Gasteiger partial charge is 0.361 e. The number of pyridine rings is 1. The Morgan fingerprint density at radius 2 is 2.14 bits per heavy atom. The zero-order valence-electron chi connectivity index (χ0n) is 11.2. The van der Waals surface area contributed by atoms with E-state index >= 15 is 0 Å². The molecule has 0 spiro atoms. The van der Waals surface area contributed by atoms with Gasteiger partial charge < -0.3 is 10.6 Å². The van der Waals surface area contributed by atoms with Crippen LogP contribution in [0.1, 0.15) is 5.56 Å². The minimum Gasteiger partial charge on any atom is -0.361 e. The summed E-state index contributed by atoms with van der Waals surface area (Å²) in [6, 6.07) is 9.22. The molecule has 0 saturated carbocycles. The smallest absolute Gasteiger partial charge is 0.259 e. The molecule has 108 valence electrons. The second-order valence-electron chi connectivity index (χ2n) is 4.86. The van der Waals surface area contributed by atoms with Crippen LogP contribution >= 0.6 is 11.6 Å². The van der Waals surface area contributed by atoms with Gasteiger partial charge in [-0.3, -0.25) is 9.89 Å². The molecule has 7 heteroatoms. The fourth-order valence-electron chi connectivity index (χ4n) is 2.37. The normalized spacial score (nSPS) is 15.1. The van der Waals surface area contributed by atoms with Crippen molar-refractivity contribution < 1.29 is 4.79 Å². The lowest BCUT2D eigenvalue weighted by Crippen LogP contribution is -2.05. The van der Waals surface area contributed by atoms with Crippen molar-refractivity contribution in [2.75, 3.05) is 10.6 Å². The molecule has 0 aliphatic carbocycles. The molecule has 2 aromatic heterocycles. The number of aromatic nitrogens is 3. The molecule has 0 atom stereocenters. The van der Waals surface area contributed by atoms with E-state index in [2.05, 4.69) is 25.8 Å².